The van der Waals surface area contributed by atoms with Gasteiger partial charge in [-0.15, -0.1) is 0 Å². The van der Waals surface area contributed by atoms with E-state index in [0.29, 0.717) is 13.0 Å². The van der Waals surface area contributed by atoms with E-state index in [1.54, 1.807) is 6.26 Å². The molecule has 0 heterocycles. The number of hydrogen-bond acceptors (Lipinski definition) is 7. The summed E-state index contributed by atoms with van der Waals surface area (Å²) in [6.07, 6.45) is 42.1. The molecular weight excluding hydrogens is 609 g/mol. The highest BCUT2D eigenvalue weighted by Crippen LogP contribution is 2.32. The van der Waals surface area contributed by atoms with Crippen molar-refractivity contribution in [3.05, 3.63) is 36.6 Å². The highest BCUT2D eigenvalue weighted by Gasteiger charge is 2.18. The molecule has 0 aromatic rings. The molecule has 0 aromatic carbocycles. The zero-order valence-corrected chi connectivity index (χ0v) is 31.5. The predicted molar refractivity (Wildman–Crippen MR) is 200 cm³/mol. The van der Waals surface area contributed by atoms with Crippen molar-refractivity contribution in [2.75, 3.05) is 26.4 Å². The predicted octanol–water partition coefficient (Wildman–Crippen LogP) is 11.5. The Morgan fingerprint density at radius 1 is 0.638 bits per heavy atom. The van der Waals surface area contributed by atoms with Crippen molar-refractivity contribution in [3.8, 4) is 0 Å². The fourth-order valence-electron chi connectivity index (χ4n) is 5.16. The van der Waals surface area contributed by atoms with Gasteiger partial charge < -0.3 is 29.1 Å². The Labute approximate surface area is 291 Å². The number of hydrogen-bond donors (Lipinski definition) is 2. The van der Waals surface area contributed by atoms with Gasteiger partial charge in [0.2, 0.25) is 0 Å². The highest BCUT2D eigenvalue weighted by molar-refractivity contribution is 7.40. The molecule has 0 fully saturated rings. The summed E-state index contributed by atoms with van der Waals surface area (Å²) in [6, 6.07) is 0. The molecule has 0 bridgehead atoms. The number of carbonyl (C=O) groups is 1. The second-order valence-corrected chi connectivity index (χ2v) is 13.6. The van der Waals surface area contributed by atoms with E-state index in [2.05, 4.69) is 38.2 Å². The number of carbonyl (C=O) groups excluding carboxylic acids is 1. The second-order valence-electron chi connectivity index (χ2n) is 12.6. The van der Waals surface area contributed by atoms with Crippen molar-refractivity contribution in [2.24, 2.45) is 5.73 Å². The molecular formula is C39H74NO6P. The summed E-state index contributed by atoms with van der Waals surface area (Å²) in [5.41, 5.74) is 5.42. The fraction of sp³-hybridized carbons (Fsp3) is 0.821. The first-order valence-electron chi connectivity index (χ1n) is 19.3. The molecule has 0 saturated heterocycles. The Balaban J connectivity index is 4.05. The summed E-state index contributed by atoms with van der Waals surface area (Å²) < 4.78 is 21.8. The maximum atomic E-state index is 12.5. The van der Waals surface area contributed by atoms with Crippen LogP contribution < -0.4 is 5.73 Å². The zero-order valence-electron chi connectivity index (χ0n) is 30.6. The number of allylic oxidation sites excluding steroid dienone is 5. The molecule has 0 aliphatic carbocycles. The minimum atomic E-state index is -2.07. The molecule has 2 unspecified atom stereocenters. The molecule has 0 aromatic heterocycles. The summed E-state index contributed by atoms with van der Waals surface area (Å²) in [4.78, 5) is 22.4. The third-order valence-electron chi connectivity index (χ3n) is 8.02. The van der Waals surface area contributed by atoms with Crippen molar-refractivity contribution in [2.45, 2.75) is 180 Å². The highest BCUT2D eigenvalue weighted by atomic mass is 31.2. The van der Waals surface area contributed by atoms with Crippen LogP contribution in [0.2, 0.25) is 0 Å². The first-order chi connectivity index (χ1) is 23.1. The van der Waals surface area contributed by atoms with E-state index in [1.165, 1.54) is 109 Å². The van der Waals surface area contributed by atoms with E-state index >= 15 is 0 Å². The Bertz CT molecular complexity index is 732. The Morgan fingerprint density at radius 2 is 1.13 bits per heavy atom. The molecule has 2 atom stereocenters. The molecule has 3 N–H and O–H groups in total. The van der Waals surface area contributed by atoms with Crippen LogP contribution in [0.3, 0.4) is 0 Å². The van der Waals surface area contributed by atoms with Crippen LogP contribution in [0.4, 0.5) is 0 Å². The van der Waals surface area contributed by atoms with Gasteiger partial charge in [0, 0.05) is 13.0 Å². The molecule has 8 heteroatoms. The summed E-state index contributed by atoms with van der Waals surface area (Å²) >= 11 is 0. The molecule has 0 spiro atoms. The van der Waals surface area contributed by atoms with Crippen LogP contribution in [-0.2, 0) is 23.3 Å². The molecule has 47 heavy (non-hydrogen) atoms. The third kappa shape index (κ3) is 37.4. The van der Waals surface area contributed by atoms with Crippen molar-refractivity contribution >= 4 is 14.6 Å². The van der Waals surface area contributed by atoms with Gasteiger partial charge in [0.25, 0.3) is 0 Å². The number of unbranched alkanes of at least 4 members (excludes halogenated alkanes) is 20. The van der Waals surface area contributed by atoms with E-state index < -0.39 is 14.7 Å². The molecule has 0 aliphatic heterocycles. The van der Waals surface area contributed by atoms with Crippen molar-refractivity contribution < 1.29 is 28.2 Å². The van der Waals surface area contributed by atoms with Gasteiger partial charge in [0.1, 0.15) is 6.61 Å². The topological polar surface area (TPSA) is 100 Å². The van der Waals surface area contributed by atoms with Gasteiger partial charge in [-0.2, -0.15) is 0 Å². The summed E-state index contributed by atoms with van der Waals surface area (Å²) in [6.45, 7) is 5.18. The number of nitrogens with two attached hydrogens (primary N) is 1. The standard InChI is InChI=1S/C39H74NO6P/c1-3-5-7-9-11-13-15-17-19-20-22-24-26-28-30-32-39(41)46-38(37-45-47(42)44-35-33-40)36-43-34-31-29-27-25-23-21-18-16-14-12-10-8-6-4-2/h11,13,17,19,31,34,38,42H,3-10,12,14-16,18,20-30,32-33,35-37,40H2,1-2H3/b13-11-,19-17-,34-31-. The molecule has 0 saturated carbocycles. The monoisotopic (exact) mass is 684 g/mol. The Hall–Kier alpha value is -1.24. The van der Waals surface area contributed by atoms with Gasteiger partial charge in [0.05, 0.1) is 19.5 Å². The van der Waals surface area contributed by atoms with Crippen LogP contribution in [0.5, 0.6) is 0 Å². The third-order valence-corrected chi connectivity index (χ3v) is 8.79. The van der Waals surface area contributed by atoms with Gasteiger partial charge in [-0.3, -0.25) is 4.79 Å². The van der Waals surface area contributed by atoms with Crippen molar-refractivity contribution in [1.29, 1.82) is 0 Å². The molecule has 0 aliphatic rings. The lowest BCUT2D eigenvalue weighted by Gasteiger charge is -2.19. The molecule has 276 valence electrons. The number of ether oxygens (including phenoxy) is 2. The lowest BCUT2D eigenvalue weighted by atomic mass is 10.0. The van der Waals surface area contributed by atoms with Gasteiger partial charge in [-0.1, -0.05) is 141 Å². The first-order valence-corrected chi connectivity index (χ1v) is 20.5. The van der Waals surface area contributed by atoms with Gasteiger partial charge in [0.15, 0.2) is 6.10 Å². The van der Waals surface area contributed by atoms with Crippen LogP contribution in [0.15, 0.2) is 36.6 Å². The first kappa shape index (κ1) is 45.8. The average molecular weight is 684 g/mol. The zero-order chi connectivity index (χ0) is 34.3. The van der Waals surface area contributed by atoms with E-state index in [0.717, 1.165) is 44.9 Å². The smallest absolute Gasteiger partial charge is 0.330 e. The van der Waals surface area contributed by atoms with Gasteiger partial charge in [-0.25, -0.2) is 0 Å². The van der Waals surface area contributed by atoms with Gasteiger partial charge >= 0.3 is 14.6 Å². The Kier molecular flexibility index (Phi) is 38.2. The quantitative estimate of drug-likeness (QED) is 0.0221. The minimum absolute atomic E-state index is 0.00720. The van der Waals surface area contributed by atoms with Crippen LogP contribution in [0.25, 0.3) is 0 Å². The van der Waals surface area contributed by atoms with Crippen LogP contribution >= 0.6 is 8.60 Å². The fourth-order valence-corrected chi connectivity index (χ4v) is 5.79. The number of rotatable bonds is 37. The lowest BCUT2D eigenvalue weighted by molar-refractivity contribution is -0.153. The minimum Gasteiger partial charge on any atom is -0.498 e. The molecule has 7 nitrogen and oxygen atoms in total. The largest absolute Gasteiger partial charge is 0.498 e. The summed E-state index contributed by atoms with van der Waals surface area (Å²) in [5, 5.41) is 0. The van der Waals surface area contributed by atoms with Crippen LogP contribution in [-0.4, -0.2) is 43.3 Å². The van der Waals surface area contributed by atoms with Crippen LogP contribution in [0.1, 0.15) is 174 Å². The number of esters is 1. The normalized spacial score (nSPS) is 13.3. The van der Waals surface area contributed by atoms with E-state index in [4.69, 9.17) is 24.3 Å². The maximum Gasteiger partial charge on any atom is 0.330 e. The summed E-state index contributed by atoms with van der Waals surface area (Å²) in [7, 11) is -2.07. The van der Waals surface area contributed by atoms with E-state index in [-0.39, 0.29) is 25.8 Å². The molecule has 0 rings (SSSR count). The van der Waals surface area contributed by atoms with E-state index in [1.807, 2.05) is 6.08 Å². The van der Waals surface area contributed by atoms with E-state index in [9.17, 15) is 9.69 Å². The molecule has 0 radical (unpaired) electrons. The Morgan fingerprint density at radius 3 is 1.70 bits per heavy atom. The van der Waals surface area contributed by atoms with Crippen molar-refractivity contribution in [3.63, 3.8) is 0 Å². The second kappa shape index (κ2) is 39.2. The van der Waals surface area contributed by atoms with Crippen molar-refractivity contribution in [1.82, 2.24) is 0 Å². The summed E-state index contributed by atoms with van der Waals surface area (Å²) in [5.74, 6) is -0.265. The molecule has 0 amide bonds. The van der Waals surface area contributed by atoms with Crippen LogP contribution in [0, 0.1) is 0 Å². The maximum absolute atomic E-state index is 12.5. The SMILES string of the molecule is CCCCC/C=C\C/C=C\CCCCCCCC(=O)OC(CO/C=C\CCCCCCCCCCCCCC)COP(O)OCCN. The van der Waals surface area contributed by atoms with Gasteiger partial charge in [-0.05, 0) is 57.4 Å². The average Bonchev–Trinajstić information content (AvgIpc) is 3.07. The lowest BCUT2D eigenvalue weighted by Crippen LogP contribution is -2.27.